The highest BCUT2D eigenvalue weighted by Crippen LogP contribution is 2.22. The second-order valence-corrected chi connectivity index (χ2v) is 7.10. The third-order valence-corrected chi connectivity index (χ3v) is 4.57. The summed E-state index contributed by atoms with van der Waals surface area (Å²) in [5.41, 5.74) is 0.968. The zero-order valence-corrected chi connectivity index (χ0v) is 14.9. The molecule has 8 nitrogen and oxygen atoms in total. The summed E-state index contributed by atoms with van der Waals surface area (Å²) in [6, 6.07) is 11.1. The molecule has 1 amide bonds. The first-order chi connectivity index (χ1) is 12.7. The van der Waals surface area contributed by atoms with Gasteiger partial charge in [0.15, 0.2) is 6.61 Å². The Morgan fingerprint density at radius 1 is 1.15 bits per heavy atom. The maximum atomic E-state index is 11.9. The number of rotatable bonds is 5. The Balaban J connectivity index is 1.65. The standard InChI is InChI=1S/C18H15NO7S/c1-11-8-18(21)26-16-9-13(4-7-15(11)16)25-10-17(20)19-12-2-5-14(6-3-12)27(22,23)24/h2-9H,10H2,1H3,(H,19,20)(H,22,23,24)/p-1. The number of amides is 1. The summed E-state index contributed by atoms with van der Waals surface area (Å²) in [6.45, 7) is 1.47. The SMILES string of the molecule is Cc1cc(=O)oc2cc(OCC(=O)Nc3ccc(S(=O)(=O)[O-])cc3)ccc12. The van der Waals surface area contributed by atoms with Gasteiger partial charge in [0.1, 0.15) is 21.5 Å². The van der Waals surface area contributed by atoms with Crippen molar-refractivity contribution >= 4 is 32.7 Å². The second kappa shape index (κ2) is 7.22. The van der Waals surface area contributed by atoms with Gasteiger partial charge in [-0.3, -0.25) is 4.79 Å². The fourth-order valence-corrected chi connectivity index (χ4v) is 2.92. The molecule has 2 aromatic carbocycles. The van der Waals surface area contributed by atoms with E-state index in [1.807, 2.05) is 0 Å². The number of hydrogen-bond acceptors (Lipinski definition) is 7. The third-order valence-electron chi connectivity index (χ3n) is 3.72. The van der Waals surface area contributed by atoms with Crippen LogP contribution in [0.15, 0.2) is 62.6 Å². The van der Waals surface area contributed by atoms with Gasteiger partial charge in [-0.25, -0.2) is 13.2 Å². The van der Waals surface area contributed by atoms with Crippen molar-refractivity contribution in [2.24, 2.45) is 0 Å². The summed E-state index contributed by atoms with van der Waals surface area (Å²) >= 11 is 0. The van der Waals surface area contributed by atoms with Crippen molar-refractivity contribution in [3.63, 3.8) is 0 Å². The monoisotopic (exact) mass is 388 g/mol. The molecule has 0 radical (unpaired) electrons. The van der Waals surface area contributed by atoms with Crippen molar-refractivity contribution in [3.05, 3.63) is 64.5 Å². The number of fused-ring (bicyclic) bond motifs is 1. The lowest BCUT2D eigenvalue weighted by Gasteiger charge is -2.10. The van der Waals surface area contributed by atoms with Gasteiger partial charge < -0.3 is 19.0 Å². The normalized spacial score (nSPS) is 11.3. The minimum absolute atomic E-state index is 0.316. The molecule has 0 atom stereocenters. The molecule has 1 aromatic heterocycles. The molecule has 0 fully saturated rings. The molecule has 27 heavy (non-hydrogen) atoms. The molecule has 0 unspecified atom stereocenters. The number of hydrogen-bond donors (Lipinski definition) is 1. The molecule has 0 aliphatic heterocycles. The average molecular weight is 388 g/mol. The summed E-state index contributed by atoms with van der Waals surface area (Å²) in [6.07, 6.45) is 0. The molecule has 0 spiro atoms. The summed E-state index contributed by atoms with van der Waals surface area (Å²) in [7, 11) is -4.54. The predicted octanol–water partition coefficient (Wildman–Crippen LogP) is 2.02. The zero-order chi connectivity index (χ0) is 19.6. The van der Waals surface area contributed by atoms with Gasteiger partial charge in [-0.05, 0) is 48.9 Å². The summed E-state index contributed by atoms with van der Waals surface area (Å²) < 4.78 is 43.1. The van der Waals surface area contributed by atoms with Crippen LogP contribution in [0.3, 0.4) is 0 Å². The van der Waals surface area contributed by atoms with Gasteiger partial charge in [-0.1, -0.05) is 0 Å². The smallest absolute Gasteiger partial charge is 0.336 e. The molecule has 0 bridgehead atoms. The van der Waals surface area contributed by atoms with E-state index < -0.39 is 21.7 Å². The van der Waals surface area contributed by atoms with E-state index in [4.69, 9.17) is 9.15 Å². The Bertz CT molecular complexity index is 1160. The molecule has 0 aliphatic carbocycles. The van der Waals surface area contributed by atoms with E-state index in [9.17, 15) is 22.6 Å². The van der Waals surface area contributed by atoms with E-state index >= 15 is 0 Å². The average Bonchev–Trinajstić information content (AvgIpc) is 2.59. The Labute approximate surface area is 154 Å². The van der Waals surface area contributed by atoms with Gasteiger partial charge in [-0.15, -0.1) is 0 Å². The van der Waals surface area contributed by atoms with Crippen molar-refractivity contribution in [2.75, 3.05) is 11.9 Å². The number of carbonyl (C=O) groups excluding carboxylic acids is 1. The van der Waals surface area contributed by atoms with Crippen LogP contribution in [-0.4, -0.2) is 25.5 Å². The molecule has 3 rings (SSSR count). The molecule has 140 valence electrons. The fourth-order valence-electron chi connectivity index (χ4n) is 2.45. The van der Waals surface area contributed by atoms with Crippen molar-refractivity contribution in [1.29, 1.82) is 0 Å². The van der Waals surface area contributed by atoms with Gasteiger partial charge in [0.05, 0.1) is 4.90 Å². The number of ether oxygens (including phenoxy) is 1. The molecule has 1 N–H and O–H groups in total. The molecule has 0 saturated heterocycles. The van der Waals surface area contributed by atoms with Crippen LogP contribution in [0.2, 0.25) is 0 Å². The highest BCUT2D eigenvalue weighted by molar-refractivity contribution is 7.85. The number of benzene rings is 2. The van der Waals surface area contributed by atoms with E-state index in [0.717, 1.165) is 23.1 Å². The first kappa shape index (κ1) is 18.6. The van der Waals surface area contributed by atoms with Crippen LogP contribution in [0.5, 0.6) is 5.75 Å². The van der Waals surface area contributed by atoms with Crippen LogP contribution in [-0.2, 0) is 14.9 Å². The van der Waals surface area contributed by atoms with Gasteiger partial charge in [0, 0.05) is 23.2 Å². The first-order valence-corrected chi connectivity index (χ1v) is 9.16. The first-order valence-electron chi connectivity index (χ1n) is 7.75. The van der Waals surface area contributed by atoms with Crippen molar-refractivity contribution < 1.29 is 26.9 Å². The van der Waals surface area contributed by atoms with E-state index in [1.165, 1.54) is 24.3 Å². The van der Waals surface area contributed by atoms with E-state index in [1.54, 1.807) is 19.1 Å². The van der Waals surface area contributed by atoms with Crippen LogP contribution >= 0.6 is 0 Å². The molecule has 0 aliphatic rings. The maximum absolute atomic E-state index is 11.9. The molecule has 0 saturated carbocycles. The summed E-state index contributed by atoms with van der Waals surface area (Å²) in [5.74, 6) is -0.141. The lowest BCUT2D eigenvalue weighted by molar-refractivity contribution is -0.118. The van der Waals surface area contributed by atoms with Crippen LogP contribution < -0.4 is 15.7 Å². The minimum Gasteiger partial charge on any atom is -0.744 e. The van der Waals surface area contributed by atoms with Crippen molar-refractivity contribution in [1.82, 2.24) is 0 Å². The molecule has 1 heterocycles. The van der Waals surface area contributed by atoms with Gasteiger partial charge in [0.2, 0.25) is 0 Å². The van der Waals surface area contributed by atoms with Crippen LogP contribution in [0, 0.1) is 6.92 Å². The molecular weight excluding hydrogens is 374 g/mol. The molecular formula is C18H14NO7S-. The topological polar surface area (TPSA) is 126 Å². The Morgan fingerprint density at radius 3 is 2.52 bits per heavy atom. The number of anilines is 1. The lowest BCUT2D eigenvalue weighted by Crippen LogP contribution is -2.20. The summed E-state index contributed by atoms with van der Waals surface area (Å²) in [4.78, 5) is 23.0. The number of nitrogens with one attached hydrogen (secondary N) is 1. The minimum atomic E-state index is -4.54. The highest BCUT2D eigenvalue weighted by Gasteiger charge is 2.08. The van der Waals surface area contributed by atoms with E-state index in [2.05, 4.69) is 5.32 Å². The maximum Gasteiger partial charge on any atom is 0.336 e. The lowest BCUT2D eigenvalue weighted by atomic mass is 10.1. The van der Waals surface area contributed by atoms with E-state index in [0.29, 0.717) is 17.0 Å². The van der Waals surface area contributed by atoms with Gasteiger partial charge in [0.25, 0.3) is 5.91 Å². The van der Waals surface area contributed by atoms with Crippen LogP contribution in [0.25, 0.3) is 11.0 Å². The van der Waals surface area contributed by atoms with Gasteiger partial charge >= 0.3 is 5.63 Å². The Kier molecular flexibility index (Phi) is 4.98. The van der Waals surface area contributed by atoms with Gasteiger partial charge in [-0.2, -0.15) is 0 Å². The molecule has 3 aromatic rings. The third kappa shape index (κ3) is 4.52. The predicted molar refractivity (Wildman–Crippen MR) is 95.8 cm³/mol. The Morgan fingerprint density at radius 2 is 1.85 bits per heavy atom. The second-order valence-electron chi connectivity index (χ2n) is 5.72. The summed E-state index contributed by atoms with van der Waals surface area (Å²) in [5, 5.41) is 3.28. The van der Waals surface area contributed by atoms with Crippen molar-refractivity contribution in [3.8, 4) is 5.75 Å². The Hall–Kier alpha value is -3.17. The number of carbonyl (C=O) groups is 1. The van der Waals surface area contributed by atoms with Crippen LogP contribution in [0.4, 0.5) is 5.69 Å². The zero-order valence-electron chi connectivity index (χ0n) is 14.1. The number of aryl methyl sites for hydroxylation is 1. The molecule has 9 heteroatoms. The van der Waals surface area contributed by atoms with Crippen LogP contribution in [0.1, 0.15) is 5.56 Å². The quantitative estimate of drug-likeness (QED) is 0.523. The highest BCUT2D eigenvalue weighted by atomic mass is 32.2. The fraction of sp³-hybridized carbons (Fsp3) is 0.111. The van der Waals surface area contributed by atoms with Crippen molar-refractivity contribution in [2.45, 2.75) is 11.8 Å². The largest absolute Gasteiger partial charge is 0.744 e. The van der Waals surface area contributed by atoms with E-state index in [-0.39, 0.29) is 11.5 Å².